The first-order valence-electron chi connectivity index (χ1n) is 1.96. The average Bonchev–Trinajstić information content (AvgIpc) is 1.64. The maximum Gasteiger partial charge on any atom is 0.363 e. The minimum absolute atomic E-state index is 0.133. The summed E-state index contributed by atoms with van der Waals surface area (Å²) < 4.78 is 0. The van der Waals surface area contributed by atoms with Gasteiger partial charge in [-0.1, -0.05) is 0 Å². The molecule has 1 rings (SSSR count). The van der Waals surface area contributed by atoms with Crippen LogP contribution in [0.15, 0.2) is 11.0 Å². The number of rotatable bonds is 0. The van der Waals surface area contributed by atoms with Crippen molar-refractivity contribution in [1.82, 2.24) is 15.2 Å². The number of aromatic nitrogens is 3. The van der Waals surface area contributed by atoms with Gasteiger partial charge in [0, 0.05) is 0 Å². The Bertz CT molecular complexity index is 229. The zero-order valence-corrected chi connectivity index (χ0v) is 3.96. The molecule has 0 aliphatic carbocycles. The van der Waals surface area contributed by atoms with Gasteiger partial charge in [-0.25, -0.2) is 9.89 Å². The first-order chi connectivity index (χ1) is 3.79. The van der Waals surface area contributed by atoms with Crippen LogP contribution in [0.3, 0.4) is 0 Å². The van der Waals surface area contributed by atoms with Crippen molar-refractivity contribution in [1.29, 1.82) is 0 Å². The van der Waals surface area contributed by atoms with Gasteiger partial charge in [0.05, 0.1) is 6.20 Å². The minimum Gasteiger partial charge on any atom is -0.382 e. The Labute approximate surface area is 44.6 Å². The molecule has 0 saturated heterocycles. The number of hydrogen-bond acceptors (Lipinski definition) is 4. The van der Waals surface area contributed by atoms with Crippen LogP contribution in [-0.2, 0) is 0 Å². The lowest BCUT2D eigenvalue weighted by molar-refractivity contribution is 0.921. The molecule has 0 spiro atoms. The third-order valence-corrected chi connectivity index (χ3v) is 0.588. The standard InChI is InChI=1S/C3H4N4O/c4-2-1-5-7-3(8)6-2/h1H,(H3,4,6,7,8). The van der Waals surface area contributed by atoms with Crippen molar-refractivity contribution in [2.24, 2.45) is 0 Å². The SMILES string of the molecule is Nc1cn[nH]c(=O)n1. The van der Waals surface area contributed by atoms with Crippen LogP contribution < -0.4 is 11.4 Å². The summed E-state index contributed by atoms with van der Waals surface area (Å²) in [7, 11) is 0. The van der Waals surface area contributed by atoms with E-state index in [4.69, 9.17) is 5.73 Å². The molecule has 0 aliphatic heterocycles. The fourth-order valence-electron chi connectivity index (χ4n) is 0.325. The van der Waals surface area contributed by atoms with Crippen LogP contribution >= 0.6 is 0 Å². The molecule has 0 fully saturated rings. The minimum atomic E-state index is -0.523. The van der Waals surface area contributed by atoms with Crippen LogP contribution in [0.2, 0.25) is 0 Å². The molecule has 1 aromatic rings. The van der Waals surface area contributed by atoms with E-state index in [-0.39, 0.29) is 5.82 Å². The molecule has 0 aromatic carbocycles. The van der Waals surface area contributed by atoms with Crippen molar-refractivity contribution in [2.75, 3.05) is 5.73 Å². The zero-order valence-electron chi connectivity index (χ0n) is 3.96. The van der Waals surface area contributed by atoms with Crippen LogP contribution in [0.1, 0.15) is 0 Å². The molecule has 0 amide bonds. The van der Waals surface area contributed by atoms with Gasteiger partial charge in [0.1, 0.15) is 5.82 Å². The number of nitrogens with two attached hydrogens (primary N) is 1. The van der Waals surface area contributed by atoms with E-state index in [9.17, 15) is 4.79 Å². The molecule has 3 N–H and O–H groups in total. The summed E-state index contributed by atoms with van der Waals surface area (Å²) >= 11 is 0. The van der Waals surface area contributed by atoms with E-state index in [2.05, 4.69) is 15.2 Å². The van der Waals surface area contributed by atoms with Crippen LogP contribution in [0, 0.1) is 0 Å². The molecule has 5 heteroatoms. The second kappa shape index (κ2) is 1.61. The van der Waals surface area contributed by atoms with Crippen molar-refractivity contribution < 1.29 is 0 Å². The fourth-order valence-corrected chi connectivity index (χ4v) is 0.325. The Kier molecular flexibility index (Phi) is 0.957. The van der Waals surface area contributed by atoms with Crippen molar-refractivity contribution >= 4 is 5.82 Å². The lowest BCUT2D eigenvalue weighted by Gasteiger charge is -1.82. The topological polar surface area (TPSA) is 84.7 Å². The van der Waals surface area contributed by atoms with Gasteiger partial charge in [0.15, 0.2) is 0 Å². The number of anilines is 1. The molecular formula is C3H4N4O. The lowest BCUT2D eigenvalue weighted by atomic mass is 10.8. The summed E-state index contributed by atoms with van der Waals surface area (Å²) in [6, 6.07) is 0. The van der Waals surface area contributed by atoms with E-state index in [0.29, 0.717) is 0 Å². The largest absolute Gasteiger partial charge is 0.382 e. The van der Waals surface area contributed by atoms with E-state index >= 15 is 0 Å². The Morgan fingerprint density at radius 2 is 2.50 bits per heavy atom. The highest BCUT2D eigenvalue weighted by molar-refractivity contribution is 5.19. The number of nitrogens with zero attached hydrogens (tertiary/aromatic N) is 2. The van der Waals surface area contributed by atoms with E-state index < -0.39 is 5.69 Å². The summed E-state index contributed by atoms with van der Waals surface area (Å²) in [5.41, 5.74) is 4.54. The summed E-state index contributed by atoms with van der Waals surface area (Å²) in [5, 5.41) is 5.43. The van der Waals surface area contributed by atoms with Gasteiger partial charge in [-0.3, -0.25) is 0 Å². The number of nitrogen functional groups attached to an aromatic ring is 1. The maximum atomic E-state index is 10.2. The molecule has 0 atom stereocenters. The van der Waals surface area contributed by atoms with Crippen LogP contribution in [0.25, 0.3) is 0 Å². The van der Waals surface area contributed by atoms with Gasteiger partial charge in [-0.15, -0.1) is 0 Å². The lowest BCUT2D eigenvalue weighted by Crippen LogP contribution is -2.12. The molecule has 0 bridgehead atoms. The van der Waals surface area contributed by atoms with Crippen molar-refractivity contribution in [3.8, 4) is 0 Å². The number of aromatic amines is 1. The number of hydrogen-bond donors (Lipinski definition) is 2. The van der Waals surface area contributed by atoms with Crippen LogP contribution in [0.4, 0.5) is 5.82 Å². The van der Waals surface area contributed by atoms with Crippen LogP contribution in [-0.4, -0.2) is 15.2 Å². The van der Waals surface area contributed by atoms with Gasteiger partial charge in [0.2, 0.25) is 0 Å². The zero-order chi connectivity index (χ0) is 5.98. The third-order valence-electron chi connectivity index (χ3n) is 0.588. The molecular weight excluding hydrogens is 108 g/mol. The second-order valence-corrected chi connectivity index (χ2v) is 1.21. The highest BCUT2D eigenvalue weighted by Crippen LogP contribution is 1.78. The molecule has 1 heterocycles. The summed E-state index contributed by atoms with van der Waals surface area (Å²) in [5.74, 6) is 0.133. The summed E-state index contributed by atoms with van der Waals surface area (Å²) in [4.78, 5) is 13.5. The van der Waals surface area contributed by atoms with E-state index in [0.717, 1.165) is 0 Å². The van der Waals surface area contributed by atoms with Crippen LogP contribution in [0.5, 0.6) is 0 Å². The normalized spacial score (nSPS) is 9.00. The van der Waals surface area contributed by atoms with Crippen molar-refractivity contribution in [2.45, 2.75) is 0 Å². The Balaban J connectivity index is 3.28. The number of H-pyrrole nitrogens is 1. The molecule has 0 radical (unpaired) electrons. The summed E-state index contributed by atoms with van der Waals surface area (Å²) in [6.45, 7) is 0. The van der Waals surface area contributed by atoms with Gasteiger partial charge < -0.3 is 5.73 Å². The highest BCUT2D eigenvalue weighted by Gasteiger charge is 1.83. The Morgan fingerprint density at radius 3 is 2.88 bits per heavy atom. The molecule has 0 unspecified atom stereocenters. The maximum absolute atomic E-state index is 10.2. The number of nitrogens with one attached hydrogen (secondary N) is 1. The highest BCUT2D eigenvalue weighted by atomic mass is 16.1. The first-order valence-corrected chi connectivity index (χ1v) is 1.96. The average molecular weight is 112 g/mol. The molecule has 42 valence electrons. The van der Waals surface area contributed by atoms with Gasteiger partial charge in [0.25, 0.3) is 0 Å². The van der Waals surface area contributed by atoms with Gasteiger partial charge >= 0.3 is 5.69 Å². The Hall–Kier alpha value is -1.39. The molecule has 5 nitrogen and oxygen atoms in total. The smallest absolute Gasteiger partial charge is 0.363 e. The van der Waals surface area contributed by atoms with Gasteiger partial charge in [-0.05, 0) is 0 Å². The molecule has 0 saturated carbocycles. The first kappa shape index (κ1) is 4.76. The van der Waals surface area contributed by atoms with Gasteiger partial charge in [-0.2, -0.15) is 10.1 Å². The molecule has 1 aromatic heterocycles. The molecule has 8 heavy (non-hydrogen) atoms. The monoisotopic (exact) mass is 112 g/mol. The predicted molar refractivity (Wildman–Crippen MR) is 27.1 cm³/mol. The van der Waals surface area contributed by atoms with E-state index in [1.807, 2.05) is 0 Å². The van der Waals surface area contributed by atoms with Crippen molar-refractivity contribution in [3.05, 3.63) is 16.7 Å². The fraction of sp³-hybridized carbons (Fsp3) is 0. The Morgan fingerprint density at radius 1 is 1.75 bits per heavy atom. The second-order valence-electron chi connectivity index (χ2n) is 1.21. The summed E-state index contributed by atoms with van der Waals surface area (Å²) in [6.07, 6.45) is 1.27. The van der Waals surface area contributed by atoms with E-state index in [1.54, 1.807) is 0 Å². The third kappa shape index (κ3) is 0.810. The van der Waals surface area contributed by atoms with Crippen molar-refractivity contribution in [3.63, 3.8) is 0 Å². The molecule has 0 aliphatic rings. The quantitative estimate of drug-likeness (QED) is 0.439. The predicted octanol–water partition coefficient (Wildman–Crippen LogP) is -1.25. The van der Waals surface area contributed by atoms with E-state index in [1.165, 1.54) is 6.20 Å².